The van der Waals surface area contributed by atoms with Crippen LogP contribution in [0, 0.1) is 4.77 Å². The molecule has 1 aromatic heterocycles. The van der Waals surface area contributed by atoms with E-state index in [0.29, 0.717) is 0 Å². The van der Waals surface area contributed by atoms with Crippen molar-refractivity contribution >= 4 is 50.9 Å². The van der Waals surface area contributed by atoms with Crippen molar-refractivity contribution in [3.63, 3.8) is 0 Å². The summed E-state index contributed by atoms with van der Waals surface area (Å²) in [5.41, 5.74) is 2.32. The first-order valence-electron chi connectivity index (χ1n) is 6.59. The van der Waals surface area contributed by atoms with Crippen LogP contribution in [-0.4, -0.2) is 21.6 Å². The molecule has 0 saturated carbocycles. The fourth-order valence-corrected chi connectivity index (χ4v) is 3.36. The van der Waals surface area contributed by atoms with Gasteiger partial charge >= 0.3 is 0 Å². The predicted molar refractivity (Wildman–Crippen MR) is 91.7 cm³/mol. The first-order chi connectivity index (χ1) is 9.22. The number of unbranched alkanes of at least 4 members (excludes halogenated alkanes) is 3. The maximum atomic E-state index is 5.40. The molecule has 2 aromatic rings. The van der Waals surface area contributed by atoms with Crippen molar-refractivity contribution in [1.82, 2.24) is 9.55 Å². The molecule has 5 heteroatoms. The summed E-state index contributed by atoms with van der Waals surface area (Å²) in [6.07, 6.45) is 7.29. The Morgan fingerprint density at radius 1 is 1.26 bits per heavy atom. The van der Waals surface area contributed by atoms with Gasteiger partial charge in [0.1, 0.15) is 0 Å². The normalized spacial score (nSPS) is 11.3. The Bertz CT molecular complexity index is 589. The molecule has 0 spiro atoms. The van der Waals surface area contributed by atoms with Crippen LogP contribution in [0.5, 0.6) is 0 Å². The number of fused-ring (bicyclic) bond motifs is 1. The zero-order chi connectivity index (χ0) is 13.7. The number of aromatic amines is 1. The monoisotopic (exact) mass is 358 g/mol. The molecule has 0 fully saturated rings. The van der Waals surface area contributed by atoms with E-state index in [4.69, 9.17) is 12.2 Å². The van der Waals surface area contributed by atoms with E-state index >= 15 is 0 Å². The van der Waals surface area contributed by atoms with E-state index < -0.39 is 0 Å². The molecule has 19 heavy (non-hydrogen) atoms. The quantitative estimate of drug-likeness (QED) is 0.529. The number of halogens is 1. The Balaban J connectivity index is 1.98. The number of nitrogens with one attached hydrogen (secondary N) is 1. The van der Waals surface area contributed by atoms with Crippen LogP contribution in [-0.2, 0) is 6.54 Å². The molecule has 0 bridgehead atoms. The van der Waals surface area contributed by atoms with Gasteiger partial charge in [-0.25, -0.2) is 0 Å². The minimum atomic E-state index is 0.831. The van der Waals surface area contributed by atoms with Crippen LogP contribution in [0.4, 0.5) is 0 Å². The lowest BCUT2D eigenvalue weighted by molar-refractivity contribution is 0.589. The second-order valence-electron chi connectivity index (χ2n) is 4.65. The van der Waals surface area contributed by atoms with Crippen LogP contribution in [0.1, 0.15) is 25.7 Å². The van der Waals surface area contributed by atoms with Crippen LogP contribution >= 0.6 is 39.9 Å². The Morgan fingerprint density at radius 3 is 2.84 bits per heavy atom. The lowest BCUT2D eigenvalue weighted by Crippen LogP contribution is -1.98. The molecule has 0 aliphatic carbocycles. The highest BCUT2D eigenvalue weighted by Gasteiger charge is 2.04. The van der Waals surface area contributed by atoms with E-state index in [1.54, 1.807) is 0 Å². The third-order valence-corrected chi connectivity index (χ3v) is 4.73. The highest BCUT2D eigenvalue weighted by molar-refractivity contribution is 9.10. The summed E-state index contributed by atoms with van der Waals surface area (Å²) < 4.78 is 4.14. The first kappa shape index (κ1) is 15.1. The molecule has 1 heterocycles. The van der Waals surface area contributed by atoms with Gasteiger partial charge in [-0.15, -0.1) is 0 Å². The maximum absolute atomic E-state index is 5.40. The molecular formula is C14H19BrN2S2. The molecular weight excluding hydrogens is 340 g/mol. The van der Waals surface area contributed by atoms with Gasteiger partial charge in [-0.2, -0.15) is 11.8 Å². The molecule has 0 atom stereocenters. The first-order valence-corrected chi connectivity index (χ1v) is 9.19. The number of hydrogen-bond acceptors (Lipinski definition) is 2. The smallest absolute Gasteiger partial charge is 0.178 e. The summed E-state index contributed by atoms with van der Waals surface area (Å²) in [7, 11) is 0. The number of nitrogens with zero attached hydrogens (tertiary/aromatic N) is 1. The van der Waals surface area contributed by atoms with E-state index in [0.717, 1.165) is 21.3 Å². The number of aromatic nitrogens is 2. The highest BCUT2D eigenvalue weighted by Crippen LogP contribution is 2.20. The van der Waals surface area contributed by atoms with E-state index in [1.165, 1.54) is 37.0 Å². The van der Waals surface area contributed by atoms with E-state index in [1.807, 2.05) is 17.8 Å². The maximum Gasteiger partial charge on any atom is 0.178 e. The fourth-order valence-electron chi connectivity index (χ4n) is 2.22. The van der Waals surface area contributed by atoms with Crippen molar-refractivity contribution < 1.29 is 0 Å². The van der Waals surface area contributed by atoms with Crippen molar-refractivity contribution in [3.8, 4) is 0 Å². The molecule has 0 radical (unpaired) electrons. The predicted octanol–water partition coefficient (Wildman–Crippen LogP) is 5.38. The van der Waals surface area contributed by atoms with Crippen LogP contribution < -0.4 is 0 Å². The number of hydrogen-bond donors (Lipinski definition) is 1. The summed E-state index contributed by atoms with van der Waals surface area (Å²) in [6, 6.07) is 6.25. The lowest BCUT2D eigenvalue weighted by atomic mass is 10.2. The molecule has 2 nitrogen and oxygen atoms in total. The van der Waals surface area contributed by atoms with Gasteiger partial charge in [0.25, 0.3) is 0 Å². The standard InChI is InChI=1S/C14H19BrN2S2/c1-19-9-5-3-2-4-8-17-13-10-11(15)6-7-12(13)16-14(17)18/h6-7,10H,2-5,8-9H2,1H3,(H,16,18). The molecule has 0 amide bonds. The minimum absolute atomic E-state index is 0.831. The van der Waals surface area contributed by atoms with Crippen molar-refractivity contribution in [1.29, 1.82) is 0 Å². The zero-order valence-corrected chi connectivity index (χ0v) is 14.3. The molecule has 0 aliphatic rings. The lowest BCUT2D eigenvalue weighted by Gasteiger charge is -2.05. The van der Waals surface area contributed by atoms with Gasteiger partial charge in [0.2, 0.25) is 0 Å². The molecule has 1 N–H and O–H groups in total. The molecule has 2 rings (SSSR count). The van der Waals surface area contributed by atoms with E-state index in [2.05, 4.69) is 43.9 Å². The summed E-state index contributed by atoms with van der Waals surface area (Å²) in [4.78, 5) is 3.27. The van der Waals surface area contributed by atoms with Crippen LogP contribution in [0.25, 0.3) is 11.0 Å². The highest BCUT2D eigenvalue weighted by atomic mass is 79.9. The van der Waals surface area contributed by atoms with Gasteiger partial charge in [-0.1, -0.05) is 28.8 Å². The van der Waals surface area contributed by atoms with Gasteiger partial charge in [0.05, 0.1) is 11.0 Å². The van der Waals surface area contributed by atoms with Crippen molar-refractivity contribution in [2.45, 2.75) is 32.2 Å². The Kier molecular flexibility index (Phi) is 5.98. The van der Waals surface area contributed by atoms with Crippen molar-refractivity contribution in [2.24, 2.45) is 0 Å². The van der Waals surface area contributed by atoms with Gasteiger partial charge in [0, 0.05) is 11.0 Å². The average Bonchev–Trinajstić information content (AvgIpc) is 2.69. The topological polar surface area (TPSA) is 20.7 Å². The summed E-state index contributed by atoms with van der Waals surface area (Å²) >= 11 is 10.9. The molecule has 0 unspecified atom stereocenters. The van der Waals surface area contributed by atoms with Gasteiger partial charge in [0.15, 0.2) is 4.77 Å². The number of aryl methyl sites for hydroxylation is 1. The Hall–Kier alpha value is -0.260. The Labute approximate surface area is 132 Å². The van der Waals surface area contributed by atoms with Crippen LogP contribution in [0.15, 0.2) is 22.7 Å². The SMILES string of the molecule is CSCCCCCCn1c(=S)[nH]c2ccc(Br)cc21. The van der Waals surface area contributed by atoms with Crippen molar-refractivity contribution in [2.75, 3.05) is 12.0 Å². The number of thioether (sulfide) groups is 1. The van der Waals surface area contributed by atoms with E-state index in [-0.39, 0.29) is 0 Å². The zero-order valence-electron chi connectivity index (χ0n) is 11.1. The molecule has 1 aromatic carbocycles. The minimum Gasteiger partial charge on any atom is -0.331 e. The third kappa shape index (κ3) is 4.10. The van der Waals surface area contributed by atoms with Gasteiger partial charge < -0.3 is 9.55 Å². The van der Waals surface area contributed by atoms with Crippen LogP contribution in [0.2, 0.25) is 0 Å². The largest absolute Gasteiger partial charge is 0.331 e. The molecule has 104 valence electrons. The fraction of sp³-hybridized carbons (Fsp3) is 0.500. The van der Waals surface area contributed by atoms with E-state index in [9.17, 15) is 0 Å². The second kappa shape index (κ2) is 7.50. The Morgan fingerprint density at radius 2 is 2.05 bits per heavy atom. The average molecular weight is 359 g/mol. The summed E-state index contributed by atoms with van der Waals surface area (Å²) in [5.74, 6) is 1.28. The second-order valence-corrected chi connectivity index (χ2v) is 6.94. The summed E-state index contributed by atoms with van der Waals surface area (Å²) in [6.45, 7) is 1.01. The molecule has 0 aliphatic heterocycles. The molecule has 0 saturated heterocycles. The third-order valence-electron chi connectivity index (χ3n) is 3.22. The summed E-state index contributed by atoms with van der Waals surface area (Å²) in [5, 5.41) is 0. The number of rotatable bonds is 7. The number of imidazole rings is 1. The van der Waals surface area contributed by atoms with Gasteiger partial charge in [-0.3, -0.25) is 0 Å². The van der Waals surface area contributed by atoms with Crippen LogP contribution in [0.3, 0.4) is 0 Å². The van der Waals surface area contributed by atoms with Gasteiger partial charge in [-0.05, 0) is 55.3 Å². The van der Waals surface area contributed by atoms with Crippen molar-refractivity contribution in [3.05, 3.63) is 27.4 Å². The number of benzene rings is 1. The number of H-pyrrole nitrogens is 1.